The molecule has 0 aliphatic carbocycles. The van der Waals surface area contributed by atoms with Crippen LogP contribution < -0.4 is 4.90 Å². The second-order valence-corrected chi connectivity index (χ2v) is 5.82. The monoisotopic (exact) mass is 261 g/mol. The van der Waals surface area contributed by atoms with E-state index in [-0.39, 0.29) is 6.61 Å². The zero-order chi connectivity index (χ0) is 13.4. The van der Waals surface area contributed by atoms with Gasteiger partial charge in [0.1, 0.15) is 5.82 Å². The molecule has 2 saturated heterocycles. The van der Waals surface area contributed by atoms with E-state index in [4.69, 9.17) is 4.98 Å². The van der Waals surface area contributed by atoms with E-state index in [1.807, 2.05) is 6.92 Å². The Kier molecular flexibility index (Phi) is 3.46. The Morgan fingerprint density at radius 1 is 1.32 bits per heavy atom. The molecule has 2 aliphatic rings. The van der Waals surface area contributed by atoms with Gasteiger partial charge in [0, 0.05) is 36.9 Å². The molecule has 4 nitrogen and oxygen atoms in total. The van der Waals surface area contributed by atoms with Crippen LogP contribution in [0.3, 0.4) is 0 Å². The van der Waals surface area contributed by atoms with E-state index >= 15 is 0 Å². The van der Waals surface area contributed by atoms with Gasteiger partial charge in [-0.2, -0.15) is 0 Å². The first-order valence-electron chi connectivity index (χ1n) is 7.26. The fraction of sp³-hybridized carbons (Fsp3) is 0.667. The first-order chi connectivity index (χ1) is 9.19. The molecule has 0 radical (unpaired) electrons. The molecule has 0 aromatic carbocycles. The summed E-state index contributed by atoms with van der Waals surface area (Å²) in [5, 5.41) is 9.63. The highest BCUT2D eigenvalue weighted by molar-refractivity contribution is 5.52. The molecule has 19 heavy (non-hydrogen) atoms. The van der Waals surface area contributed by atoms with Gasteiger partial charge in [-0.25, -0.2) is 4.98 Å². The summed E-state index contributed by atoms with van der Waals surface area (Å²) in [5.41, 5.74) is 3.19. The number of aromatic nitrogens is 1. The third-order valence-electron chi connectivity index (χ3n) is 4.50. The first kappa shape index (κ1) is 12.9. The van der Waals surface area contributed by atoms with Gasteiger partial charge in [0.15, 0.2) is 0 Å². The summed E-state index contributed by atoms with van der Waals surface area (Å²) >= 11 is 0. The van der Waals surface area contributed by atoms with Crippen LogP contribution in [0.25, 0.3) is 0 Å². The molecular weight excluding hydrogens is 238 g/mol. The summed E-state index contributed by atoms with van der Waals surface area (Å²) in [6.07, 6.45) is 2.63. The van der Waals surface area contributed by atoms with Crippen LogP contribution >= 0.6 is 0 Å². The lowest BCUT2D eigenvalue weighted by Crippen LogP contribution is -2.50. The zero-order valence-electron chi connectivity index (χ0n) is 11.9. The Morgan fingerprint density at radius 3 is 2.95 bits per heavy atom. The highest BCUT2D eigenvalue weighted by atomic mass is 16.3. The Morgan fingerprint density at radius 2 is 2.16 bits per heavy atom. The summed E-state index contributed by atoms with van der Waals surface area (Å²) in [7, 11) is 0. The maximum Gasteiger partial charge on any atom is 0.134 e. The lowest BCUT2D eigenvalue weighted by Gasteiger charge is -2.39. The normalized spacial score (nSPS) is 23.7. The molecule has 0 spiro atoms. The van der Waals surface area contributed by atoms with Gasteiger partial charge < -0.3 is 10.0 Å². The van der Waals surface area contributed by atoms with Crippen LogP contribution in [-0.2, 0) is 6.61 Å². The zero-order valence-corrected chi connectivity index (χ0v) is 11.9. The number of nitrogens with zero attached hydrogens (tertiary/aromatic N) is 3. The standard InChI is InChI=1S/C15H23N3O/c1-11-8-12(2)16-15(14(11)10-19)18-7-6-17-5-3-4-13(17)9-18/h8,13,19H,3-7,9-10H2,1-2H3. The number of piperazine rings is 1. The second kappa shape index (κ2) is 5.10. The van der Waals surface area contributed by atoms with Gasteiger partial charge in [-0.05, 0) is 44.9 Å². The smallest absolute Gasteiger partial charge is 0.134 e. The van der Waals surface area contributed by atoms with E-state index in [0.29, 0.717) is 6.04 Å². The van der Waals surface area contributed by atoms with Crippen molar-refractivity contribution in [3.8, 4) is 0 Å². The largest absolute Gasteiger partial charge is 0.392 e. The average Bonchev–Trinajstić information content (AvgIpc) is 2.85. The number of pyridine rings is 1. The van der Waals surface area contributed by atoms with Crippen LogP contribution in [0.15, 0.2) is 6.07 Å². The Labute approximate surface area is 115 Å². The summed E-state index contributed by atoms with van der Waals surface area (Å²) < 4.78 is 0. The van der Waals surface area contributed by atoms with Gasteiger partial charge >= 0.3 is 0 Å². The van der Waals surface area contributed by atoms with E-state index < -0.39 is 0 Å². The van der Waals surface area contributed by atoms with Crippen molar-refractivity contribution >= 4 is 5.82 Å². The molecule has 2 aliphatic heterocycles. The molecule has 0 amide bonds. The van der Waals surface area contributed by atoms with Crippen LogP contribution in [-0.4, -0.2) is 47.2 Å². The van der Waals surface area contributed by atoms with Crippen LogP contribution in [0.2, 0.25) is 0 Å². The quantitative estimate of drug-likeness (QED) is 0.875. The number of aliphatic hydroxyl groups excluding tert-OH is 1. The van der Waals surface area contributed by atoms with E-state index in [2.05, 4.69) is 22.8 Å². The van der Waals surface area contributed by atoms with Crippen molar-refractivity contribution < 1.29 is 5.11 Å². The second-order valence-electron chi connectivity index (χ2n) is 5.82. The Bertz CT molecular complexity index is 475. The minimum absolute atomic E-state index is 0.0827. The van der Waals surface area contributed by atoms with Crippen molar-refractivity contribution in [2.45, 2.75) is 39.3 Å². The fourth-order valence-corrected chi connectivity index (χ4v) is 3.48. The summed E-state index contributed by atoms with van der Waals surface area (Å²) in [4.78, 5) is 9.66. The minimum atomic E-state index is 0.0827. The lowest BCUT2D eigenvalue weighted by atomic mass is 10.1. The molecule has 0 bridgehead atoms. The first-order valence-corrected chi connectivity index (χ1v) is 7.26. The number of rotatable bonds is 2. The van der Waals surface area contributed by atoms with Crippen molar-refractivity contribution in [1.29, 1.82) is 0 Å². The molecular formula is C15H23N3O. The van der Waals surface area contributed by atoms with Crippen LogP contribution in [0.4, 0.5) is 5.82 Å². The Balaban J connectivity index is 1.89. The fourth-order valence-electron chi connectivity index (χ4n) is 3.48. The number of aryl methyl sites for hydroxylation is 2. The number of anilines is 1. The van der Waals surface area contributed by atoms with Gasteiger partial charge in [-0.15, -0.1) is 0 Å². The molecule has 3 rings (SSSR count). The van der Waals surface area contributed by atoms with E-state index in [0.717, 1.165) is 42.3 Å². The van der Waals surface area contributed by atoms with Crippen molar-refractivity contribution in [1.82, 2.24) is 9.88 Å². The van der Waals surface area contributed by atoms with Crippen molar-refractivity contribution in [2.75, 3.05) is 31.1 Å². The van der Waals surface area contributed by atoms with Crippen LogP contribution in [0, 0.1) is 13.8 Å². The van der Waals surface area contributed by atoms with Gasteiger partial charge in [-0.3, -0.25) is 4.90 Å². The maximum atomic E-state index is 9.63. The molecule has 1 N–H and O–H groups in total. The van der Waals surface area contributed by atoms with Crippen LogP contribution in [0.1, 0.15) is 29.7 Å². The van der Waals surface area contributed by atoms with Crippen molar-refractivity contribution in [2.24, 2.45) is 0 Å². The minimum Gasteiger partial charge on any atom is -0.392 e. The predicted octanol–water partition coefficient (Wildman–Crippen LogP) is 1.48. The van der Waals surface area contributed by atoms with Crippen molar-refractivity contribution in [3.63, 3.8) is 0 Å². The van der Waals surface area contributed by atoms with Crippen LogP contribution in [0.5, 0.6) is 0 Å². The maximum absolute atomic E-state index is 9.63. The average molecular weight is 261 g/mol. The molecule has 4 heteroatoms. The molecule has 2 fully saturated rings. The highest BCUT2D eigenvalue weighted by Gasteiger charge is 2.31. The molecule has 104 valence electrons. The Hall–Kier alpha value is -1.13. The van der Waals surface area contributed by atoms with Gasteiger partial charge in [-0.1, -0.05) is 0 Å². The van der Waals surface area contributed by atoms with Crippen molar-refractivity contribution in [3.05, 3.63) is 22.9 Å². The summed E-state index contributed by atoms with van der Waals surface area (Å²) in [6.45, 7) is 8.65. The lowest BCUT2D eigenvalue weighted by molar-refractivity contribution is 0.229. The molecule has 3 heterocycles. The third kappa shape index (κ3) is 2.35. The predicted molar refractivity (Wildman–Crippen MR) is 76.4 cm³/mol. The third-order valence-corrected chi connectivity index (χ3v) is 4.50. The summed E-state index contributed by atoms with van der Waals surface area (Å²) in [5.74, 6) is 1.01. The van der Waals surface area contributed by atoms with E-state index in [1.54, 1.807) is 0 Å². The number of hydrogen-bond donors (Lipinski definition) is 1. The highest BCUT2D eigenvalue weighted by Crippen LogP contribution is 2.28. The van der Waals surface area contributed by atoms with E-state index in [9.17, 15) is 5.11 Å². The summed E-state index contributed by atoms with van der Waals surface area (Å²) in [6, 6.07) is 2.74. The molecule has 1 unspecified atom stereocenters. The molecule has 1 atom stereocenters. The topological polar surface area (TPSA) is 39.6 Å². The van der Waals surface area contributed by atoms with E-state index in [1.165, 1.54) is 19.4 Å². The molecule has 0 saturated carbocycles. The number of aliphatic hydroxyl groups is 1. The molecule has 1 aromatic rings. The van der Waals surface area contributed by atoms with Gasteiger partial charge in [0.25, 0.3) is 0 Å². The number of hydrogen-bond acceptors (Lipinski definition) is 4. The van der Waals surface area contributed by atoms with Gasteiger partial charge in [0.2, 0.25) is 0 Å². The molecule has 1 aromatic heterocycles. The SMILES string of the molecule is Cc1cc(C)c(CO)c(N2CCN3CCCC3C2)n1. The number of fused-ring (bicyclic) bond motifs is 1. The van der Waals surface area contributed by atoms with Gasteiger partial charge in [0.05, 0.1) is 6.61 Å².